The van der Waals surface area contributed by atoms with Crippen LogP contribution in [0.2, 0.25) is 0 Å². The first-order chi connectivity index (χ1) is 16.9. The molecule has 0 spiro atoms. The number of amides is 1. The van der Waals surface area contributed by atoms with E-state index in [1.54, 1.807) is 12.0 Å². The van der Waals surface area contributed by atoms with E-state index in [1.807, 2.05) is 86.7 Å². The fourth-order valence-electron chi connectivity index (χ4n) is 3.83. The van der Waals surface area contributed by atoms with Gasteiger partial charge in [-0.25, -0.2) is 0 Å². The van der Waals surface area contributed by atoms with E-state index in [9.17, 15) is 4.79 Å². The van der Waals surface area contributed by atoms with Crippen molar-refractivity contribution in [2.45, 2.75) is 26.9 Å². The predicted molar refractivity (Wildman–Crippen MR) is 149 cm³/mol. The first-order valence-electron chi connectivity index (χ1n) is 11.2. The van der Waals surface area contributed by atoms with Gasteiger partial charge in [-0.05, 0) is 72.9 Å². The molecule has 1 saturated heterocycles. The summed E-state index contributed by atoms with van der Waals surface area (Å²) in [6, 6.07) is 19.8. The largest absolute Gasteiger partial charge is 0.493 e. The van der Waals surface area contributed by atoms with Gasteiger partial charge in [0.15, 0.2) is 15.8 Å². The van der Waals surface area contributed by atoms with Crippen LogP contribution < -0.4 is 14.4 Å². The Balaban J connectivity index is 1.65. The van der Waals surface area contributed by atoms with Gasteiger partial charge in [-0.2, -0.15) is 0 Å². The minimum absolute atomic E-state index is 0.128. The molecule has 0 bridgehead atoms. The van der Waals surface area contributed by atoms with E-state index in [-0.39, 0.29) is 5.91 Å². The van der Waals surface area contributed by atoms with Gasteiger partial charge in [0.1, 0.15) is 6.61 Å². The molecule has 0 aromatic heterocycles. The van der Waals surface area contributed by atoms with Crippen LogP contribution in [0, 0.1) is 13.8 Å². The van der Waals surface area contributed by atoms with Gasteiger partial charge in [-0.3, -0.25) is 9.69 Å². The van der Waals surface area contributed by atoms with Gasteiger partial charge in [-0.1, -0.05) is 66.5 Å². The highest BCUT2D eigenvalue weighted by molar-refractivity contribution is 8.27. The number of nitrogens with zero attached hydrogens (tertiary/aromatic N) is 1. The summed E-state index contributed by atoms with van der Waals surface area (Å²) >= 11 is 6.86. The number of benzene rings is 3. The molecule has 1 aliphatic heterocycles. The van der Waals surface area contributed by atoms with Crippen LogP contribution in [0.1, 0.15) is 27.8 Å². The molecule has 178 valence electrons. The zero-order valence-corrected chi connectivity index (χ0v) is 21.7. The summed E-state index contributed by atoms with van der Waals surface area (Å²) in [6.45, 7) is 8.39. The minimum atomic E-state index is -0.128. The van der Waals surface area contributed by atoms with Crippen molar-refractivity contribution in [3.05, 3.63) is 106 Å². The molecular weight excluding hydrogens is 474 g/mol. The Labute approximate surface area is 216 Å². The topological polar surface area (TPSA) is 38.8 Å². The summed E-state index contributed by atoms with van der Waals surface area (Å²) in [6.07, 6.45) is 4.29. The maximum Gasteiger partial charge on any atom is 0.270 e. The van der Waals surface area contributed by atoms with Crippen molar-refractivity contribution in [2.24, 2.45) is 0 Å². The number of rotatable bonds is 8. The summed E-state index contributed by atoms with van der Waals surface area (Å²) in [4.78, 5) is 15.4. The van der Waals surface area contributed by atoms with E-state index in [0.29, 0.717) is 33.8 Å². The van der Waals surface area contributed by atoms with Crippen molar-refractivity contribution >= 4 is 46.0 Å². The second-order valence-corrected chi connectivity index (χ2v) is 9.94. The number of carbonyl (C=O) groups is 1. The smallest absolute Gasteiger partial charge is 0.270 e. The molecule has 4 rings (SSSR count). The highest BCUT2D eigenvalue weighted by Crippen LogP contribution is 2.39. The van der Waals surface area contributed by atoms with Gasteiger partial charge in [-0.15, -0.1) is 6.58 Å². The van der Waals surface area contributed by atoms with Gasteiger partial charge in [0.2, 0.25) is 0 Å². The van der Waals surface area contributed by atoms with Crippen LogP contribution in [-0.4, -0.2) is 17.3 Å². The van der Waals surface area contributed by atoms with Gasteiger partial charge in [0, 0.05) is 5.56 Å². The Morgan fingerprint density at radius 1 is 1.06 bits per heavy atom. The molecule has 0 N–H and O–H groups in total. The lowest BCUT2D eigenvalue weighted by Crippen LogP contribution is -2.27. The minimum Gasteiger partial charge on any atom is -0.493 e. The lowest BCUT2D eigenvalue weighted by atomic mass is 10.0. The van der Waals surface area contributed by atoms with Gasteiger partial charge in [0.05, 0.1) is 17.7 Å². The van der Waals surface area contributed by atoms with Crippen molar-refractivity contribution in [2.75, 3.05) is 12.0 Å². The first-order valence-corrected chi connectivity index (χ1v) is 12.5. The third kappa shape index (κ3) is 5.50. The standard InChI is InChI=1S/C29H27NO3S2/c1-5-9-23-15-22(16-25(32-4)27(23)33-18-21-10-7-6-8-11-21)17-26-28(31)30(29(34)35-26)24-13-12-19(2)20(3)14-24/h5-8,10-17H,1,9,18H2,2-4H3/b26-17-. The summed E-state index contributed by atoms with van der Waals surface area (Å²) in [5, 5.41) is 0. The number of thiocarbonyl (C=S) groups is 1. The molecule has 4 nitrogen and oxygen atoms in total. The van der Waals surface area contributed by atoms with Crippen LogP contribution in [-0.2, 0) is 17.8 Å². The zero-order chi connectivity index (χ0) is 24.9. The summed E-state index contributed by atoms with van der Waals surface area (Å²) in [5.74, 6) is 1.16. The molecule has 0 radical (unpaired) electrons. The summed E-state index contributed by atoms with van der Waals surface area (Å²) in [7, 11) is 1.62. The highest BCUT2D eigenvalue weighted by Gasteiger charge is 2.33. The van der Waals surface area contributed by atoms with Crippen LogP contribution >= 0.6 is 24.0 Å². The Morgan fingerprint density at radius 2 is 1.83 bits per heavy atom. The van der Waals surface area contributed by atoms with E-state index in [0.717, 1.165) is 27.9 Å². The molecule has 35 heavy (non-hydrogen) atoms. The molecule has 0 unspecified atom stereocenters. The molecule has 1 fully saturated rings. The fraction of sp³-hybridized carbons (Fsp3) is 0.172. The normalized spacial score (nSPS) is 14.5. The lowest BCUT2D eigenvalue weighted by Gasteiger charge is -2.16. The quantitative estimate of drug-likeness (QED) is 0.188. The van der Waals surface area contributed by atoms with Crippen LogP contribution in [0.3, 0.4) is 0 Å². The Morgan fingerprint density at radius 3 is 2.51 bits per heavy atom. The second-order valence-electron chi connectivity index (χ2n) is 8.26. The van der Waals surface area contributed by atoms with Crippen molar-refractivity contribution in [3.63, 3.8) is 0 Å². The maximum atomic E-state index is 13.3. The van der Waals surface area contributed by atoms with Gasteiger partial charge in [0.25, 0.3) is 5.91 Å². The van der Waals surface area contributed by atoms with Crippen LogP contribution in [0.5, 0.6) is 11.5 Å². The molecule has 0 saturated carbocycles. The zero-order valence-electron chi connectivity index (χ0n) is 20.0. The Kier molecular flexibility index (Phi) is 7.73. The van der Waals surface area contributed by atoms with E-state index >= 15 is 0 Å². The molecule has 1 amide bonds. The summed E-state index contributed by atoms with van der Waals surface area (Å²) < 4.78 is 12.4. The number of hydrogen-bond donors (Lipinski definition) is 0. The number of hydrogen-bond acceptors (Lipinski definition) is 5. The molecule has 3 aromatic carbocycles. The fourth-order valence-corrected chi connectivity index (χ4v) is 5.12. The van der Waals surface area contributed by atoms with Crippen molar-refractivity contribution < 1.29 is 14.3 Å². The summed E-state index contributed by atoms with van der Waals surface area (Å²) in [5.41, 5.74) is 5.92. The van der Waals surface area contributed by atoms with Crippen molar-refractivity contribution in [1.82, 2.24) is 0 Å². The maximum absolute atomic E-state index is 13.3. The van der Waals surface area contributed by atoms with Crippen LogP contribution in [0.25, 0.3) is 6.08 Å². The number of anilines is 1. The van der Waals surface area contributed by atoms with Crippen molar-refractivity contribution in [1.29, 1.82) is 0 Å². The molecule has 0 aliphatic carbocycles. The average Bonchev–Trinajstić information content (AvgIpc) is 3.13. The van der Waals surface area contributed by atoms with E-state index in [2.05, 4.69) is 6.58 Å². The molecule has 6 heteroatoms. The number of thioether (sulfide) groups is 1. The molecule has 3 aromatic rings. The van der Waals surface area contributed by atoms with Crippen LogP contribution in [0.15, 0.2) is 78.2 Å². The van der Waals surface area contributed by atoms with Gasteiger partial charge < -0.3 is 9.47 Å². The highest BCUT2D eigenvalue weighted by atomic mass is 32.2. The van der Waals surface area contributed by atoms with E-state index in [4.69, 9.17) is 21.7 Å². The first kappa shape index (κ1) is 24.8. The van der Waals surface area contributed by atoms with Crippen LogP contribution in [0.4, 0.5) is 5.69 Å². The number of carbonyl (C=O) groups excluding carboxylic acids is 1. The number of aryl methyl sites for hydroxylation is 2. The monoisotopic (exact) mass is 501 g/mol. The van der Waals surface area contributed by atoms with E-state index < -0.39 is 0 Å². The number of methoxy groups -OCH3 is 1. The Hall–Kier alpha value is -3.35. The van der Waals surface area contributed by atoms with Crippen molar-refractivity contribution in [3.8, 4) is 11.5 Å². The molecule has 1 heterocycles. The number of ether oxygens (including phenoxy) is 2. The molecule has 1 aliphatic rings. The van der Waals surface area contributed by atoms with E-state index in [1.165, 1.54) is 17.3 Å². The average molecular weight is 502 g/mol. The third-order valence-corrected chi connectivity index (χ3v) is 7.11. The third-order valence-electron chi connectivity index (χ3n) is 5.80. The predicted octanol–water partition coefficient (Wildman–Crippen LogP) is 7.03. The van der Waals surface area contributed by atoms with Gasteiger partial charge >= 0.3 is 0 Å². The SMILES string of the molecule is C=CCc1cc(/C=C2\SC(=S)N(c3ccc(C)c(C)c3)C2=O)cc(OC)c1OCc1ccccc1. The lowest BCUT2D eigenvalue weighted by molar-refractivity contribution is -0.113. The molecular formula is C29H27NO3S2. The second kappa shape index (κ2) is 10.9. The molecule has 0 atom stereocenters. The Bertz CT molecular complexity index is 1320. The number of allylic oxidation sites excluding steroid dienone is 1.